The molecule has 0 amide bonds. The number of aryl methyl sites for hydroxylation is 1. The Labute approximate surface area is 218 Å². The topological polar surface area (TPSA) is 48.9 Å². The Morgan fingerprint density at radius 3 is 2.62 bits per heavy atom. The van der Waals surface area contributed by atoms with Gasteiger partial charge in [0.1, 0.15) is 12.4 Å². The monoisotopic (exact) mass is 494 g/mol. The molecular weight excluding hydrogens is 460 g/mol. The van der Waals surface area contributed by atoms with Crippen LogP contribution in [0.5, 0.6) is 5.75 Å². The molecule has 1 unspecified atom stereocenters. The Kier molecular flexibility index (Phi) is 6.21. The van der Waals surface area contributed by atoms with E-state index in [1.165, 1.54) is 16.6 Å². The third-order valence-electron chi connectivity index (χ3n) is 7.91. The van der Waals surface area contributed by atoms with Gasteiger partial charge in [-0.25, -0.2) is 0 Å². The molecule has 0 spiro atoms. The largest absolute Gasteiger partial charge is 0.485 e. The Morgan fingerprint density at radius 2 is 1.81 bits per heavy atom. The zero-order chi connectivity index (χ0) is 25.5. The van der Waals surface area contributed by atoms with Crippen molar-refractivity contribution in [1.29, 1.82) is 0 Å². The fourth-order valence-corrected chi connectivity index (χ4v) is 5.96. The van der Waals surface area contributed by atoms with E-state index in [4.69, 9.17) is 9.72 Å². The van der Waals surface area contributed by atoms with Gasteiger partial charge in [-0.1, -0.05) is 31.2 Å². The van der Waals surface area contributed by atoms with Crippen LogP contribution in [0.25, 0.3) is 10.9 Å². The lowest BCUT2D eigenvalue weighted by Crippen LogP contribution is -2.47. The van der Waals surface area contributed by atoms with Crippen LogP contribution in [0.4, 0.5) is 11.4 Å². The van der Waals surface area contributed by atoms with Crippen LogP contribution >= 0.6 is 0 Å². The van der Waals surface area contributed by atoms with E-state index in [1.807, 2.05) is 6.92 Å². The molecule has 3 aliphatic rings. The van der Waals surface area contributed by atoms with Crippen molar-refractivity contribution < 1.29 is 9.53 Å². The quantitative estimate of drug-likeness (QED) is 0.491. The van der Waals surface area contributed by atoms with Crippen LogP contribution in [0.3, 0.4) is 0 Å². The summed E-state index contributed by atoms with van der Waals surface area (Å²) in [5.74, 6) is 1.18. The van der Waals surface area contributed by atoms with E-state index >= 15 is 0 Å². The van der Waals surface area contributed by atoms with E-state index in [9.17, 15) is 4.79 Å². The SMILES string of the molecule is CC(=O)C1=C2COc3c(CCN4CCN(c5cccc6nc(C)ccc56)CC4)cccc3N2C=CC1C. The molecule has 0 aliphatic carbocycles. The number of carbonyl (C=O) groups is 1. The lowest BCUT2D eigenvalue weighted by Gasteiger charge is -2.38. The molecule has 0 N–H and O–H groups in total. The maximum absolute atomic E-state index is 12.3. The number of piperazine rings is 1. The van der Waals surface area contributed by atoms with Gasteiger partial charge in [-0.15, -0.1) is 0 Å². The van der Waals surface area contributed by atoms with E-state index in [-0.39, 0.29) is 11.7 Å². The minimum absolute atomic E-state index is 0.116. The summed E-state index contributed by atoms with van der Waals surface area (Å²) in [6, 6.07) is 17.1. The van der Waals surface area contributed by atoms with Crippen molar-refractivity contribution in [3.8, 4) is 5.75 Å². The predicted octanol–water partition coefficient (Wildman–Crippen LogP) is 5.11. The minimum atomic E-state index is 0.116. The highest BCUT2D eigenvalue weighted by molar-refractivity contribution is 5.96. The Balaban J connectivity index is 1.13. The summed E-state index contributed by atoms with van der Waals surface area (Å²) in [4.78, 5) is 24.2. The van der Waals surface area contributed by atoms with Crippen LogP contribution in [-0.4, -0.2) is 55.0 Å². The number of nitrogens with zero attached hydrogens (tertiary/aromatic N) is 4. The molecule has 1 fully saturated rings. The molecule has 0 radical (unpaired) electrons. The zero-order valence-electron chi connectivity index (χ0n) is 21.9. The number of hydrogen-bond donors (Lipinski definition) is 0. The van der Waals surface area contributed by atoms with Crippen molar-refractivity contribution in [3.05, 3.63) is 83.3 Å². The summed E-state index contributed by atoms with van der Waals surface area (Å²) in [5, 5.41) is 1.23. The second-order valence-corrected chi connectivity index (χ2v) is 10.3. The van der Waals surface area contributed by atoms with E-state index in [1.54, 1.807) is 6.92 Å². The molecule has 4 heterocycles. The molecule has 0 saturated carbocycles. The average Bonchev–Trinajstić information content (AvgIpc) is 2.91. The molecular formula is C31H34N4O2. The summed E-state index contributed by atoms with van der Waals surface area (Å²) in [7, 11) is 0. The second kappa shape index (κ2) is 9.67. The summed E-state index contributed by atoms with van der Waals surface area (Å²) < 4.78 is 6.30. The van der Waals surface area contributed by atoms with Gasteiger partial charge < -0.3 is 14.5 Å². The van der Waals surface area contributed by atoms with Gasteiger partial charge in [0.15, 0.2) is 5.78 Å². The number of pyridine rings is 1. The molecule has 37 heavy (non-hydrogen) atoms. The molecule has 6 heteroatoms. The zero-order valence-corrected chi connectivity index (χ0v) is 21.9. The average molecular weight is 495 g/mol. The summed E-state index contributed by atoms with van der Waals surface area (Å²) in [5.41, 5.74) is 7.50. The van der Waals surface area contributed by atoms with Crippen LogP contribution in [0.2, 0.25) is 0 Å². The van der Waals surface area contributed by atoms with Crippen LogP contribution in [0.1, 0.15) is 25.1 Å². The lowest BCUT2D eigenvalue weighted by molar-refractivity contribution is -0.114. The van der Waals surface area contributed by atoms with Gasteiger partial charge in [-0.3, -0.25) is 14.7 Å². The normalized spacial score (nSPS) is 19.6. The van der Waals surface area contributed by atoms with Crippen molar-refractivity contribution in [2.45, 2.75) is 27.2 Å². The number of aromatic nitrogens is 1. The number of carbonyl (C=O) groups excluding carboxylic acids is 1. The fourth-order valence-electron chi connectivity index (χ4n) is 5.96. The third-order valence-corrected chi connectivity index (χ3v) is 7.91. The standard InChI is InChI=1S/C31H34N4O2/c1-21-12-15-35-28-9-4-6-24(31(28)37-20-29(35)30(21)23(3)36)13-14-33-16-18-34(19-17-33)27-8-5-7-26-25(27)11-10-22(2)32-26/h4-12,15,21H,13-14,16-20H2,1-3H3. The van der Waals surface area contributed by atoms with Crippen LogP contribution < -0.4 is 14.5 Å². The van der Waals surface area contributed by atoms with Crippen LogP contribution in [-0.2, 0) is 11.2 Å². The first-order valence-corrected chi connectivity index (χ1v) is 13.3. The molecule has 190 valence electrons. The third kappa shape index (κ3) is 4.40. The Morgan fingerprint density at radius 1 is 1.03 bits per heavy atom. The van der Waals surface area contributed by atoms with E-state index in [2.05, 4.69) is 82.4 Å². The van der Waals surface area contributed by atoms with Gasteiger partial charge in [-0.2, -0.15) is 0 Å². The first-order valence-electron chi connectivity index (χ1n) is 13.3. The molecule has 6 rings (SSSR count). The number of rotatable bonds is 5. The highest BCUT2D eigenvalue weighted by Gasteiger charge is 2.31. The summed E-state index contributed by atoms with van der Waals surface area (Å²) in [6.07, 6.45) is 5.14. The maximum Gasteiger partial charge on any atom is 0.158 e. The van der Waals surface area contributed by atoms with Gasteiger partial charge >= 0.3 is 0 Å². The fraction of sp³-hybridized carbons (Fsp3) is 0.355. The van der Waals surface area contributed by atoms with Crippen LogP contribution in [0, 0.1) is 12.8 Å². The smallest absolute Gasteiger partial charge is 0.158 e. The van der Waals surface area contributed by atoms with E-state index < -0.39 is 0 Å². The molecule has 3 aromatic rings. The van der Waals surface area contributed by atoms with Crippen molar-refractivity contribution in [2.75, 3.05) is 49.1 Å². The second-order valence-electron chi connectivity index (χ2n) is 10.3. The van der Waals surface area contributed by atoms with Gasteiger partial charge in [0.2, 0.25) is 0 Å². The van der Waals surface area contributed by atoms with Crippen molar-refractivity contribution >= 4 is 28.1 Å². The minimum Gasteiger partial charge on any atom is -0.485 e. The van der Waals surface area contributed by atoms with Gasteiger partial charge in [0.05, 0.1) is 16.9 Å². The highest BCUT2D eigenvalue weighted by Crippen LogP contribution is 2.42. The molecule has 2 aromatic carbocycles. The van der Waals surface area contributed by atoms with Crippen molar-refractivity contribution in [3.63, 3.8) is 0 Å². The molecule has 1 aromatic heterocycles. The number of anilines is 2. The van der Waals surface area contributed by atoms with E-state index in [0.717, 1.165) is 73.1 Å². The maximum atomic E-state index is 12.3. The number of Topliss-reactive ketones (excluding diaryl/α,β-unsaturated/α-hetero) is 1. The van der Waals surface area contributed by atoms with Gasteiger partial charge in [-0.05, 0) is 56.2 Å². The Bertz CT molecular complexity index is 1420. The predicted molar refractivity (Wildman–Crippen MR) is 149 cm³/mol. The van der Waals surface area contributed by atoms with Gasteiger partial charge in [0.25, 0.3) is 0 Å². The summed E-state index contributed by atoms with van der Waals surface area (Å²) >= 11 is 0. The number of allylic oxidation sites excluding steroid dienone is 2. The molecule has 1 atom stereocenters. The number of benzene rings is 2. The number of hydrogen-bond acceptors (Lipinski definition) is 6. The number of ether oxygens (including phenoxy) is 1. The first-order chi connectivity index (χ1) is 18.0. The lowest BCUT2D eigenvalue weighted by atomic mass is 9.91. The summed E-state index contributed by atoms with van der Waals surface area (Å²) in [6.45, 7) is 11.3. The highest BCUT2D eigenvalue weighted by atomic mass is 16.5. The van der Waals surface area contributed by atoms with Crippen LogP contribution in [0.15, 0.2) is 72.1 Å². The number of ketones is 1. The first kappa shape index (κ1) is 23.7. The Hall–Kier alpha value is -3.64. The molecule has 3 aliphatic heterocycles. The van der Waals surface area contributed by atoms with E-state index in [0.29, 0.717) is 6.61 Å². The van der Waals surface area contributed by atoms with Gasteiger partial charge in [0, 0.05) is 67.2 Å². The molecule has 0 bridgehead atoms. The van der Waals surface area contributed by atoms with Crippen molar-refractivity contribution in [2.24, 2.45) is 5.92 Å². The molecule has 6 nitrogen and oxygen atoms in total. The number of para-hydroxylation sites is 1. The van der Waals surface area contributed by atoms with Crippen molar-refractivity contribution in [1.82, 2.24) is 9.88 Å². The number of fused-ring (bicyclic) bond motifs is 4. The molecule has 1 saturated heterocycles.